The van der Waals surface area contributed by atoms with Crippen molar-refractivity contribution >= 4 is 121 Å². The Kier molecular flexibility index (Phi) is 10.1. The normalized spacial score (nSPS) is 12.5. The summed E-state index contributed by atoms with van der Waals surface area (Å²) in [6, 6.07) is 117. The van der Waals surface area contributed by atoms with Crippen molar-refractivity contribution in [2.75, 3.05) is 0 Å². The van der Waals surface area contributed by atoms with Crippen LogP contribution in [0.2, 0.25) is 0 Å². The van der Waals surface area contributed by atoms with Gasteiger partial charge in [0.05, 0.1) is 16.6 Å². The molecule has 16 aromatic carbocycles. The molecule has 3 heteroatoms. The van der Waals surface area contributed by atoms with E-state index in [2.05, 4.69) is 319 Å². The molecule has 0 aliphatic carbocycles. The summed E-state index contributed by atoms with van der Waals surface area (Å²) in [6.45, 7) is -0.154. The molecule has 4 heterocycles. The second-order valence-electron chi connectivity index (χ2n) is 24.5. The largest absolute Gasteiger partial charge is 0.310 e. The van der Waals surface area contributed by atoms with Crippen molar-refractivity contribution in [3.05, 3.63) is 309 Å². The van der Waals surface area contributed by atoms with Crippen LogP contribution in [0.3, 0.4) is 0 Å². The molecule has 0 saturated carbocycles. The fourth-order valence-electron chi connectivity index (χ4n) is 16.4. The molecular formula is C86H51BN2. The Morgan fingerprint density at radius 2 is 0.663 bits per heavy atom. The van der Waals surface area contributed by atoms with Crippen LogP contribution in [-0.4, -0.2) is 15.8 Å². The van der Waals surface area contributed by atoms with Crippen LogP contribution >= 0.6 is 0 Å². The van der Waals surface area contributed by atoms with E-state index in [1.165, 1.54) is 192 Å². The molecule has 0 atom stereocenters. The maximum Gasteiger partial charge on any atom is 0.252 e. The minimum Gasteiger partial charge on any atom is -0.310 e. The summed E-state index contributed by atoms with van der Waals surface area (Å²) in [5.41, 5.74) is 25.6. The summed E-state index contributed by atoms with van der Waals surface area (Å²) >= 11 is 0. The van der Waals surface area contributed by atoms with Crippen LogP contribution < -0.4 is 16.4 Å². The summed E-state index contributed by atoms with van der Waals surface area (Å²) in [4.78, 5) is 0. The molecular weight excluding hydrogens is 1070 g/mol. The molecule has 2 aliphatic heterocycles. The summed E-state index contributed by atoms with van der Waals surface area (Å²) in [5, 5.41) is 17.8. The number of hydrogen-bond donors (Lipinski definition) is 0. The first kappa shape index (κ1) is 48.7. The lowest BCUT2D eigenvalue weighted by atomic mass is 9.34. The first-order valence-corrected chi connectivity index (χ1v) is 31.1. The van der Waals surface area contributed by atoms with E-state index in [4.69, 9.17) is 0 Å². The zero-order valence-electron chi connectivity index (χ0n) is 48.4. The molecule has 20 rings (SSSR count). The molecule has 2 aromatic heterocycles. The predicted molar refractivity (Wildman–Crippen MR) is 380 cm³/mol. The highest BCUT2D eigenvalue weighted by Crippen LogP contribution is 2.51. The SMILES string of the molecule is c1ccc(-c2cc(-c3ccccc3)c(-c3cc4c5c(c3)-n3c6ccc7ccccc7c6c6c7ccccc7cc(c63)B5c3cc(-c5ccccc5-c5ccccc5)cc5c6c7c8ccccc8c8ccccc8c7ccc6n-4c35)c(-c3ccccc3)c2)cc1. The topological polar surface area (TPSA) is 9.86 Å². The standard InChI is InChI=1S/C86H51BN2/c1-5-23-52(24-6-1)58-45-70(54-27-9-3-10-28-54)79(71(46-58)55-29-11-4-12-30-55)60-50-77-84-78(51-60)89-75-43-41-56-31-13-15-35-63(56)81(75)83-64-36-16-14-32-57(64)48-74(86(83)89)87(84)73-49-59(62-34-18-17-33-61(62)53-25-7-2-8-26-53)47-72-82-76(88(77)85(72)73)44-42-69-67-39-20-19-37-65(67)66-38-21-22-40-68(66)80(69)82/h1-51H. The van der Waals surface area contributed by atoms with Gasteiger partial charge in [0.2, 0.25) is 0 Å². The zero-order chi connectivity index (χ0) is 58.0. The van der Waals surface area contributed by atoms with Gasteiger partial charge in [-0.25, -0.2) is 0 Å². The second kappa shape index (κ2) is 18.5. The van der Waals surface area contributed by atoms with Gasteiger partial charge < -0.3 is 9.13 Å². The van der Waals surface area contributed by atoms with Gasteiger partial charge in [0.1, 0.15) is 0 Å². The molecule has 2 aliphatic rings. The number of rotatable bonds is 6. The van der Waals surface area contributed by atoms with Gasteiger partial charge in [-0.1, -0.05) is 267 Å². The molecule has 0 N–H and O–H groups in total. The van der Waals surface area contributed by atoms with Gasteiger partial charge >= 0.3 is 0 Å². The quantitative estimate of drug-likeness (QED) is 0.116. The van der Waals surface area contributed by atoms with E-state index in [1.54, 1.807) is 0 Å². The summed E-state index contributed by atoms with van der Waals surface area (Å²) in [5.74, 6) is 0. The Morgan fingerprint density at radius 3 is 1.28 bits per heavy atom. The molecule has 18 aromatic rings. The monoisotopic (exact) mass is 1120 g/mol. The van der Waals surface area contributed by atoms with Gasteiger partial charge in [0, 0.05) is 43.8 Å². The van der Waals surface area contributed by atoms with Crippen molar-refractivity contribution in [3.8, 4) is 78.1 Å². The van der Waals surface area contributed by atoms with Crippen LogP contribution in [0.4, 0.5) is 0 Å². The van der Waals surface area contributed by atoms with Gasteiger partial charge in [0.15, 0.2) is 0 Å². The lowest BCUT2D eigenvalue weighted by Crippen LogP contribution is -2.59. The van der Waals surface area contributed by atoms with Crippen LogP contribution in [0, 0.1) is 0 Å². The average Bonchev–Trinajstić information content (AvgIpc) is 1.56. The maximum absolute atomic E-state index is 2.71. The second-order valence-corrected chi connectivity index (χ2v) is 24.5. The van der Waals surface area contributed by atoms with Gasteiger partial charge in [-0.15, -0.1) is 0 Å². The van der Waals surface area contributed by atoms with E-state index in [9.17, 15) is 0 Å². The average molecular weight is 1120 g/mol. The predicted octanol–water partition coefficient (Wildman–Crippen LogP) is 20.8. The van der Waals surface area contributed by atoms with Gasteiger partial charge in [-0.2, -0.15) is 0 Å². The Balaban J connectivity index is 1.02. The highest BCUT2D eigenvalue weighted by molar-refractivity contribution is 7.00. The van der Waals surface area contributed by atoms with Crippen molar-refractivity contribution in [3.63, 3.8) is 0 Å². The number of nitrogens with zero attached hydrogens (tertiary/aromatic N) is 2. The van der Waals surface area contributed by atoms with E-state index in [-0.39, 0.29) is 6.71 Å². The van der Waals surface area contributed by atoms with E-state index in [1.807, 2.05) is 0 Å². The first-order chi connectivity index (χ1) is 44.2. The van der Waals surface area contributed by atoms with E-state index >= 15 is 0 Å². The van der Waals surface area contributed by atoms with E-state index in [0.29, 0.717) is 0 Å². The maximum atomic E-state index is 2.71. The van der Waals surface area contributed by atoms with Crippen LogP contribution in [0.1, 0.15) is 0 Å². The molecule has 0 unspecified atom stereocenters. The smallest absolute Gasteiger partial charge is 0.252 e. The fraction of sp³-hybridized carbons (Fsp3) is 0. The summed E-state index contributed by atoms with van der Waals surface area (Å²) < 4.78 is 5.40. The highest BCUT2D eigenvalue weighted by Gasteiger charge is 2.43. The van der Waals surface area contributed by atoms with Crippen molar-refractivity contribution in [2.24, 2.45) is 0 Å². The molecule has 0 amide bonds. The van der Waals surface area contributed by atoms with Crippen molar-refractivity contribution < 1.29 is 0 Å². The third-order valence-electron chi connectivity index (χ3n) is 20.0. The summed E-state index contributed by atoms with van der Waals surface area (Å²) in [7, 11) is 0. The van der Waals surface area contributed by atoms with Crippen molar-refractivity contribution in [1.29, 1.82) is 0 Å². The molecule has 408 valence electrons. The number of aromatic nitrogens is 2. The Labute approximate surface area is 514 Å². The third kappa shape index (κ3) is 6.82. The van der Waals surface area contributed by atoms with Gasteiger partial charge in [-0.05, 0) is 174 Å². The van der Waals surface area contributed by atoms with Crippen LogP contribution in [0.5, 0.6) is 0 Å². The van der Waals surface area contributed by atoms with E-state index in [0.717, 1.165) is 0 Å². The minimum absolute atomic E-state index is 0.154. The van der Waals surface area contributed by atoms with Crippen LogP contribution in [0.25, 0.3) is 176 Å². The van der Waals surface area contributed by atoms with Crippen molar-refractivity contribution in [1.82, 2.24) is 9.13 Å². The first-order valence-electron chi connectivity index (χ1n) is 31.1. The highest BCUT2D eigenvalue weighted by atomic mass is 15.0. The molecule has 89 heavy (non-hydrogen) atoms. The number of benzene rings is 16. The fourth-order valence-corrected chi connectivity index (χ4v) is 16.4. The molecule has 0 bridgehead atoms. The number of hydrogen-bond acceptors (Lipinski definition) is 0. The van der Waals surface area contributed by atoms with Crippen LogP contribution in [0.15, 0.2) is 309 Å². The Bertz CT molecular complexity index is 5980. The van der Waals surface area contributed by atoms with Gasteiger partial charge in [-0.3, -0.25) is 0 Å². The molecule has 2 nitrogen and oxygen atoms in total. The lowest BCUT2D eigenvalue weighted by molar-refractivity contribution is 1.14. The van der Waals surface area contributed by atoms with Crippen LogP contribution in [-0.2, 0) is 0 Å². The minimum atomic E-state index is -0.154. The molecule has 0 fully saturated rings. The van der Waals surface area contributed by atoms with Gasteiger partial charge in [0.25, 0.3) is 6.71 Å². The molecule has 0 spiro atoms. The third-order valence-corrected chi connectivity index (χ3v) is 20.0. The van der Waals surface area contributed by atoms with E-state index < -0.39 is 0 Å². The number of fused-ring (bicyclic) bond motifs is 21. The summed E-state index contributed by atoms with van der Waals surface area (Å²) in [6.07, 6.45) is 0. The molecule has 0 radical (unpaired) electrons. The Hall–Kier alpha value is -11.5. The lowest BCUT2D eigenvalue weighted by Gasteiger charge is -2.35. The Morgan fingerprint density at radius 1 is 0.225 bits per heavy atom. The molecule has 0 saturated heterocycles. The van der Waals surface area contributed by atoms with Crippen molar-refractivity contribution in [2.45, 2.75) is 0 Å². The zero-order valence-corrected chi connectivity index (χ0v) is 48.4.